The molecule has 23 heavy (non-hydrogen) atoms. The van der Waals surface area contributed by atoms with Crippen molar-refractivity contribution in [1.82, 2.24) is 4.90 Å². The highest BCUT2D eigenvalue weighted by Gasteiger charge is 2.29. The molecule has 4 atom stereocenters. The summed E-state index contributed by atoms with van der Waals surface area (Å²) in [6, 6.07) is -0.572. The molecule has 0 radical (unpaired) electrons. The fraction of sp³-hybridized carbons (Fsp3) is 0.824. The highest BCUT2D eigenvalue weighted by Crippen LogP contribution is 2.32. The number of rotatable bonds is 4. The molecule has 0 bridgehead atoms. The van der Waals surface area contributed by atoms with E-state index in [1.165, 1.54) is 24.7 Å². The molecule has 0 spiro atoms. The SMILES string of the molecule is CCC1C[C@@H](C)CCC1OC(C)=O.O=CN1CCCC1C(=O)O. The molecule has 1 saturated carbocycles. The molecule has 3 unspecified atom stereocenters. The normalized spacial score (nSPS) is 30.1. The maximum Gasteiger partial charge on any atom is 0.326 e. The molecule has 1 saturated heterocycles. The Balaban J connectivity index is 0.000000238. The molecular formula is C17H29NO5. The Bertz CT molecular complexity index is 412. The van der Waals surface area contributed by atoms with Crippen LogP contribution < -0.4 is 0 Å². The minimum absolute atomic E-state index is 0.127. The largest absolute Gasteiger partial charge is 0.480 e. The molecule has 1 heterocycles. The predicted molar refractivity (Wildman–Crippen MR) is 85.8 cm³/mol. The van der Waals surface area contributed by atoms with E-state index < -0.39 is 12.0 Å². The number of carbonyl (C=O) groups is 3. The van der Waals surface area contributed by atoms with Crippen LogP contribution in [0.1, 0.15) is 59.3 Å². The molecule has 1 N–H and O–H groups in total. The van der Waals surface area contributed by atoms with Crippen molar-refractivity contribution < 1.29 is 24.2 Å². The summed E-state index contributed by atoms with van der Waals surface area (Å²) >= 11 is 0. The van der Waals surface area contributed by atoms with Gasteiger partial charge in [-0.25, -0.2) is 4.79 Å². The topological polar surface area (TPSA) is 83.9 Å². The van der Waals surface area contributed by atoms with Crippen molar-refractivity contribution in [2.75, 3.05) is 6.54 Å². The molecule has 1 aliphatic heterocycles. The predicted octanol–water partition coefficient (Wildman–Crippen LogP) is 2.46. The Hall–Kier alpha value is -1.59. The minimum atomic E-state index is -0.899. The van der Waals surface area contributed by atoms with Gasteiger partial charge in [0.25, 0.3) is 0 Å². The first-order chi connectivity index (χ1) is 10.9. The monoisotopic (exact) mass is 327 g/mol. The first-order valence-corrected chi connectivity index (χ1v) is 8.50. The summed E-state index contributed by atoms with van der Waals surface area (Å²) in [4.78, 5) is 32.7. The summed E-state index contributed by atoms with van der Waals surface area (Å²) in [6.07, 6.45) is 6.79. The molecule has 2 rings (SSSR count). The second kappa shape index (κ2) is 9.53. The summed E-state index contributed by atoms with van der Waals surface area (Å²) < 4.78 is 5.30. The van der Waals surface area contributed by atoms with E-state index in [9.17, 15) is 14.4 Å². The molecule has 6 nitrogen and oxygen atoms in total. The van der Waals surface area contributed by atoms with Crippen LogP contribution in [0.5, 0.6) is 0 Å². The highest BCUT2D eigenvalue weighted by atomic mass is 16.5. The Labute approximate surface area is 138 Å². The first-order valence-electron chi connectivity index (χ1n) is 8.50. The van der Waals surface area contributed by atoms with E-state index in [4.69, 9.17) is 9.84 Å². The number of ether oxygens (including phenoxy) is 1. The van der Waals surface area contributed by atoms with Crippen molar-refractivity contribution in [3.8, 4) is 0 Å². The highest BCUT2D eigenvalue weighted by molar-refractivity contribution is 5.76. The van der Waals surface area contributed by atoms with Gasteiger partial charge in [-0.3, -0.25) is 9.59 Å². The lowest BCUT2D eigenvalue weighted by molar-refractivity contribution is -0.151. The average molecular weight is 327 g/mol. The van der Waals surface area contributed by atoms with Crippen LogP contribution in [0.15, 0.2) is 0 Å². The molecule has 0 aromatic heterocycles. The van der Waals surface area contributed by atoms with Gasteiger partial charge in [0.15, 0.2) is 0 Å². The van der Waals surface area contributed by atoms with Crippen LogP contribution in [0.25, 0.3) is 0 Å². The maximum atomic E-state index is 10.8. The fourth-order valence-corrected chi connectivity index (χ4v) is 3.45. The number of esters is 1. The number of amides is 1. The third-order valence-corrected chi connectivity index (χ3v) is 4.73. The third-order valence-electron chi connectivity index (χ3n) is 4.73. The number of likely N-dealkylation sites (tertiary alicyclic amines) is 1. The van der Waals surface area contributed by atoms with Crippen LogP contribution in [-0.2, 0) is 19.1 Å². The lowest BCUT2D eigenvalue weighted by Gasteiger charge is -2.33. The molecule has 1 amide bonds. The Morgan fingerprint density at radius 1 is 1.30 bits per heavy atom. The summed E-state index contributed by atoms with van der Waals surface area (Å²) in [5.74, 6) is 0.368. The molecule has 2 aliphatic rings. The van der Waals surface area contributed by atoms with Crippen molar-refractivity contribution in [2.45, 2.75) is 71.4 Å². The van der Waals surface area contributed by atoms with Crippen molar-refractivity contribution in [2.24, 2.45) is 11.8 Å². The van der Waals surface area contributed by atoms with E-state index >= 15 is 0 Å². The van der Waals surface area contributed by atoms with Gasteiger partial charge in [-0.1, -0.05) is 13.8 Å². The van der Waals surface area contributed by atoms with E-state index in [1.807, 2.05) is 0 Å². The number of carboxylic acid groups (broad SMARTS) is 1. The van der Waals surface area contributed by atoms with Gasteiger partial charge >= 0.3 is 11.9 Å². The van der Waals surface area contributed by atoms with Crippen molar-refractivity contribution in [1.29, 1.82) is 0 Å². The van der Waals surface area contributed by atoms with Crippen LogP contribution in [0, 0.1) is 11.8 Å². The number of nitrogens with zero attached hydrogens (tertiary/aromatic N) is 1. The van der Waals surface area contributed by atoms with Gasteiger partial charge in [-0.05, 0) is 50.4 Å². The van der Waals surface area contributed by atoms with Crippen LogP contribution in [0.4, 0.5) is 0 Å². The third kappa shape index (κ3) is 6.20. The van der Waals surface area contributed by atoms with Gasteiger partial charge in [-0.15, -0.1) is 0 Å². The molecule has 0 aromatic carbocycles. The van der Waals surface area contributed by atoms with Crippen LogP contribution in [0.3, 0.4) is 0 Å². The Morgan fingerprint density at radius 2 is 2.00 bits per heavy atom. The quantitative estimate of drug-likeness (QED) is 0.633. The minimum Gasteiger partial charge on any atom is -0.480 e. The van der Waals surface area contributed by atoms with Crippen LogP contribution in [-0.4, -0.2) is 47.0 Å². The lowest BCUT2D eigenvalue weighted by atomic mass is 9.79. The van der Waals surface area contributed by atoms with E-state index in [2.05, 4.69) is 13.8 Å². The molecule has 0 aromatic rings. The number of hydrogen-bond acceptors (Lipinski definition) is 4. The van der Waals surface area contributed by atoms with Crippen LogP contribution >= 0.6 is 0 Å². The van der Waals surface area contributed by atoms with Crippen molar-refractivity contribution >= 4 is 18.3 Å². The van der Waals surface area contributed by atoms with Crippen LogP contribution in [0.2, 0.25) is 0 Å². The second-order valence-corrected chi connectivity index (χ2v) is 6.57. The number of carboxylic acids is 1. The molecule has 6 heteroatoms. The molecule has 132 valence electrons. The maximum absolute atomic E-state index is 10.8. The van der Waals surface area contributed by atoms with Crippen molar-refractivity contribution in [3.05, 3.63) is 0 Å². The number of hydrogen-bond donors (Lipinski definition) is 1. The van der Waals surface area contributed by atoms with Gasteiger partial charge in [0.05, 0.1) is 0 Å². The Morgan fingerprint density at radius 3 is 2.48 bits per heavy atom. The zero-order chi connectivity index (χ0) is 17.4. The smallest absolute Gasteiger partial charge is 0.326 e. The van der Waals surface area contributed by atoms with E-state index in [1.54, 1.807) is 0 Å². The lowest BCUT2D eigenvalue weighted by Crippen LogP contribution is -2.34. The van der Waals surface area contributed by atoms with E-state index in [0.717, 1.165) is 25.2 Å². The summed E-state index contributed by atoms with van der Waals surface area (Å²) in [5.41, 5.74) is 0. The Kier molecular flexibility index (Phi) is 8.06. The number of carbonyl (C=O) groups excluding carboxylic acids is 2. The zero-order valence-electron chi connectivity index (χ0n) is 14.4. The standard InChI is InChI=1S/C11H20O2.C6H9NO3/c1-4-10-7-8(2)5-6-11(10)13-9(3)12;8-4-7-3-1-2-5(7)6(9)10/h8,10-11H,4-7H2,1-3H3;4-5H,1-3H2,(H,9,10)/t8-,10?,11?;/m0./s1. The van der Waals surface area contributed by atoms with Gasteiger partial charge < -0.3 is 14.7 Å². The average Bonchev–Trinajstić information content (AvgIpc) is 2.98. The van der Waals surface area contributed by atoms with E-state index in [-0.39, 0.29) is 12.1 Å². The van der Waals surface area contributed by atoms with Crippen molar-refractivity contribution in [3.63, 3.8) is 0 Å². The number of aliphatic carboxylic acids is 1. The van der Waals surface area contributed by atoms with Gasteiger partial charge in [0.1, 0.15) is 12.1 Å². The summed E-state index contributed by atoms with van der Waals surface area (Å²) in [7, 11) is 0. The first kappa shape index (κ1) is 19.5. The summed E-state index contributed by atoms with van der Waals surface area (Å²) in [6.45, 7) is 6.55. The second-order valence-electron chi connectivity index (χ2n) is 6.57. The summed E-state index contributed by atoms with van der Waals surface area (Å²) in [5, 5.41) is 8.51. The van der Waals surface area contributed by atoms with Gasteiger partial charge in [-0.2, -0.15) is 0 Å². The van der Waals surface area contributed by atoms with Gasteiger partial charge in [0, 0.05) is 13.5 Å². The van der Waals surface area contributed by atoms with E-state index in [0.29, 0.717) is 25.3 Å². The molecular weight excluding hydrogens is 298 g/mol. The van der Waals surface area contributed by atoms with Gasteiger partial charge in [0.2, 0.25) is 6.41 Å². The zero-order valence-corrected chi connectivity index (χ0v) is 14.4. The molecule has 1 aliphatic carbocycles. The molecule has 2 fully saturated rings. The fourth-order valence-electron chi connectivity index (χ4n) is 3.45.